The fraction of sp³-hybridized carbons (Fsp3) is 0.250. The molecule has 1 saturated heterocycles. The molecule has 10 nitrogen and oxygen atoms in total. The highest BCUT2D eigenvalue weighted by Crippen LogP contribution is 2.33. The number of non-ortho nitro benzene ring substituents is 1. The van der Waals surface area contributed by atoms with Crippen LogP contribution in [0.2, 0.25) is 0 Å². The van der Waals surface area contributed by atoms with Crippen LogP contribution in [0.3, 0.4) is 0 Å². The number of hydrogen-bond donors (Lipinski definition) is 0. The van der Waals surface area contributed by atoms with E-state index in [9.17, 15) is 28.6 Å². The first kappa shape index (κ1) is 18.7. The molecule has 0 N–H and O–H groups in total. The van der Waals surface area contributed by atoms with E-state index in [1.165, 1.54) is 30.3 Å². The van der Waals surface area contributed by atoms with Crippen LogP contribution in [0.1, 0.15) is 0 Å². The van der Waals surface area contributed by atoms with E-state index in [0.717, 1.165) is 12.1 Å². The molecule has 0 spiro atoms. The minimum absolute atomic E-state index is 0.299. The van der Waals surface area contributed by atoms with Gasteiger partial charge < -0.3 is 9.64 Å². The number of sulfone groups is 1. The zero-order valence-electron chi connectivity index (χ0n) is 14.0. The van der Waals surface area contributed by atoms with Crippen LogP contribution in [0.5, 0.6) is 0 Å². The summed E-state index contributed by atoms with van der Waals surface area (Å²) in [6.45, 7) is 1.76. The Bertz CT molecular complexity index is 1000. The monoisotopic (exact) mass is 393 g/mol. The molecule has 0 bridgehead atoms. The van der Waals surface area contributed by atoms with Gasteiger partial charge in [0.05, 0.1) is 32.9 Å². The van der Waals surface area contributed by atoms with Crippen LogP contribution >= 0.6 is 0 Å². The van der Waals surface area contributed by atoms with Crippen molar-refractivity contribution in [2.24, 2.45) is 0 Å². The molecule has 27 heavy (non-hydrogen) atoms. The van der Waals surface area contributed by atoms with E-state index in [0.29, 0.717) is 32.0 Å². The topological polar surface area (TPSA) is 133 Å². The van der Waals surface area contributed by atoms with Gasteiger partial charge in [-0.25, -0.2) is 8.42 Å². The molecule has 0 radical (unpaired) electrons. The van der Waals surface area contributed by atoms with Crippen LogP contribution in [-0.4, -0.2) is 44.6 Å². The smallest absolute Gasteiger partial charge is 0.293 e. The van der Waals surface area contributed by atoms with Gasteiger partial charge in [-0.2, -0.15) is 0 Å². The second-order valence-electron chi connectivity index (χ2n) is 5.76. The first-order valence-electron chi connectivity index (χ1n) is 7.91. The molecule has 0 aliphatic carbocycles. The highest BCUT2D eigenvalue weighted by molar-refractivity contribution is 7.91. The van der Waals surface area contributed by atoms with E-state index in [1.807, 2.05) is 0 Å². The average Bonchev–Trinajstić information content (AvgIpc) is 2.68. The molecule has 11 heteroatoms. The number of nitrogens with zero attached hydrogens (tertiary/aromatic N) is 3. The van der Waals surface area contributed by atoms with Crippen molar-refractivity contribution in [3.05, 3.63) is 62.7 Å². The Morgan fingerprint density at radius 2 is 1.59 bits per heavy atom. The Kier molecular flexibility index (Phi) is 5.06. The van der Waals surface area contributed by atoms with E-state index < -0.39 is 19.7 Å². The summed E-state index contributed by atoms with van der Waals surface area (Å²) < 4.78 is 30.8. The summed E-state index contributed by atoms with van der Waals surface area (Å²) in [5.74, 6) is 0. The predicted octanol–water partition coefficient (Wildman–Crippen LogP) is 2.17. The number of benzene rings is 2. The lowest BCUT2D eigenvalue weighted by molar-refractivity contribution is -0.385. The minimum atomic E-state index is -4.15. The fourth-order valence-electron chi connectivity index (χ4n) is 2.79. The first-order valence-corrected chi connectivity index (χ1v) is 9.40. The van der Waals surface area contributed by atoms with Gasteiger partial charge in [0, 0.05) is 31.3 Å². The molecular weight excluding hydrogens is 378 g/mol. The first-order chi connectivity index (χ1) is 12.8. The van der Waals surface area contributed by atoms with Gasteiger partial charge in [-0.15, -0.1) is 0 Å². The molecule has 142 valence electrons. The number of nitro groups is 2. The second kappa shape index (κ2) is 7.29. The zero-order valence-corrected chi connectivity index (χ0v) is 14.8. The molecule has 3 rings (SSSR count). The summed E-state index contributed by atoms with van der Waals surface area (Å²) in [7, 11) is -4.15. The van der Waals surface area contributed by atoms with Crippen LogP contribution in [0.25, 0.3) is 0 Å². The third-order valence-electron chi connectivity index (χ3n) is 4.14. The average molecular weight is 393 g/mol. The lowest BCUT2D eigenvalue weighted by Crippen LogP contribution is -2.36. The minimum Gasteiger partial charge on any atom is -0.378 e. The normalized spacial score (nSPS) is 14.7. The van der Waals surface area contributed by atoms with Crippen molar-refractivity contribution < 1.29 is 23.0 Å². The molecule has 0 aromatic heterocycles. The van der Waals surface area contributed by atoms with Crippen molar-refractivity contribution in [1.82, 2.24) is 0 Å². The van der Waals surface area contributed by atoms with Gasteiger partial charge in [0.15, 0.2) is 0 Å². The van der Waals surface area contributed by atoms with Crippen molar-refractivity contribution in [1.29, 1.82) is 0 Å². The summed E-state index contributed by atoms with van der Waals surface area (Å²) in [6.07, 6.45) is 0. The SMILES string of the molecule is O=[N+]([O-])c1cccc(S(=O)(=O)c2ccc(N3CCOCC3)c([N+](=O)[O-])c2)c1. The lowest BCUT2D eigenvalue weighted by Gasteiger charge is -2.28. The predicted molar refractivity (Wildman–Crippen MR) is 94.7 cm³/mol. The molecule has 0 amide bonds. The van der Waals surface area contributed by atoms with Crippen LogP contribution in [0, 0.1) is 20.2 Å². The van der Waals surface area contributed by atoms with Gasteiger partial charge in [-0.1, -0.05) is 6.07 Å². The molecule has 2 aromatic carbocycles. The van der Waals surface area contributed by atoms with E-state index >= 15 is 0 Å². The number of ether oxygens (including phenoxy) is 1. The number of rotatable bonds is 5. The van der Waals surface area contributed by atoms with Crippen molar-refractivity contribution in [3.8, 4) is 0 Å². The van der Waals surface area contributed by atoms with Crippen LogP contribution in [0.4, 0.5) is 17.1 Å². The maximum Gasteiger partial charge on any atom is 0.293 e. The largest absolute Gasteiger partial charge is 0.378 e. The van der Waals surface area contributed by atoms with E-state index in [2.05, 4.69) is 0 Å². The summed E-state index contributed by atoms with van der Waals surface area (Å²) in [4.78, 5) is 22.2. The van der Waals surface area contributed by atoms with Crippen molar-refractivity contribution in [2.75, 3.05) is 31.2 Å². The van der Waals surface area contributed by atoms with Crippen molar-refractivity contribution in [3.63, 3.8) is 0 Å². The molecule has 1 heterocycles. The lowest BCUT2D eigenvalue weighted by atomic mass is 10.2. The van der Waals surface area contributed by atoms with Gasteiger partial charge >= 0.3 is 0 Å². The zero-order chi connectivity index (χ0) is 19.6. The maximum atomic E-state index is 12.8. The quantitative estimate of drug-likeness (QED) is 0.557. The van der Waals surface area contributed by atoms with Gasteiger partial charge in [0.2, 0.25) is 9.84 Å². The number of nitro benzene ring substituents is 2. The molecule has 0 atom stereocenters. The molecule has 0 unspecified atom stereocenters. The number of morpholine rings is 1. The second-order valence-corrected chi connectivity index (χ2v) is 7.71. The molecule has 2 aromatic rings. The summed E-state index contributed by atoms with van der Waals surface area (Å²) in [6, 6.07) is 8.20. The molecule has 1 fully saturated rings. The van der Waals surface area contributed by atoms with E-state index in [-0.39, 0.29) is 21.2 Å². The highest BCUT2D eigenvalue weighted by Gasteiger charge is 2.27. The third-order valence-corrected chi connectivity index (χ3v) is 5.89. The third kappa shape index (κ3) is 3.73. The van der Waals surface area contributed by atoms with Crippen molar-refractivity contribution >= 4 is 26.9 Å². The Hall–Kier alpha value is -3.05. The maximum absolute atomic E-state index is 12.8. The van der Waals surface area contributed by atoms with Crippen LogP contribution in [0.15, 0.2) is 52.3 Å². The summed E-state index contributed by atoms with van der Waals surface area (Å²) >= 11 is 0. The van der Waals surface area contributed by atoms with Gasteiger partial charge in [-0.05, 0) is 18.2 Å². The summed E-state index contributed by atoms with van der Waals surface area (Å²) in [5, 5.41) is 22.4. The highest BCUT2D eigenvalue weighted by atomic mass is 32.2. The Labute approximate surface area is 154 Å². The Morgan fingerprint density at radius 1 is 0.926 bits per heavy atom. The Balaban J connectivity index is 2.06. The van der Waals surface area contributed by atoms with E-state index in [4.69, 9.17) is 4.74 Å². The van der Waals surface area contributed by atoms with Crippen molar-refractivity contribution in [2.45, 2.75) is 9.79 Å². The van der Waals surface area contributed by atoms with Gasteiger partial charge in [0.1, 0.15) is 5.69 Å². The standard InChI is InChI=1S/C16H15N3O7S/c20-18(21)12-2-1-3-13(10-12)27(24,25)14-4-5-15(16(11-14)19(22)23)17-6-8-26-9-7-17/h1-5,10-11H,6-9H2. The van der Waals surface area contributed by atoms with Crippen LogP contribution < -0.4 is 4.90 Å². The van der Waals surface area contributed by atoms with Gasteiger partial charge in [0.25, 0.3) is 11.4 Å². The van der Waals surface area contributed by atoms with E-state index in [1.54, 1.807) is 4.90 Å². The summed E-state index contributed by atoms with van der Waals surface area (Å²) in [5.41, 5.74) is -0.416. The number of hydrogen-bond acceptors (Lipinski definition) is 8. The fourth-order valence-corrected chi connectivity index (χ4v) is 4.11. The number of anilines is 1. The molecular formula is C16H15N3O7S. The molecule has 1 aliphatic rings. The molecule has 0 saturated carbocycles. The Morgan fingerprint density at radius 3 is 2.22 bits per heavy atom. The van der Waals surface area contributed by atoms with Gasteiger partial charge in [-0.3, -0.25) is 20.2 Å². The van der Waals surface area contributed by atoms with Crippen LogP contribution in [-0.2, 0) is 14.6 Å². The molecule has 1 aliphatic heterocycles.